The topological polar surface area (TPSA) is 17.4 Å². The molecule has 0 radical (unpaired) electrons. The molecule has 5 heteroatoms. The van der Waals surface area contributed by atoms with Crippen molar-refractivity contribution in [3.8, 4) is 5.75 Å². The summed E-state index contributed by atoms with van der Waals surface area (Å²) in [4.78, 5) is 2.31. The minimum absolute atomic E-state index is 0.0258. The number of aromatic nitrogens is 1. The number of hydrogen-bond donors (Lipinski definition) is 0. The van der Waals surface area contributed by atoms with Crippen molar-refractivity contribution in [3.63, 3.8) is 0 Å². The maximum Gasteiger partial charge on any atom is 0.126 e. The van der Waals surface area contributed by atoms with Gasteiger partial charge in [0.25, 0.3) is 0 Å². The summed E-state index contributed by atoms with van der Waals surface area (Å²) >= 11 is 0. The van der Waals surface area contributed by atoms with Crippen molar-refractivity contribution < 1.29 is 4.74 Å². The summed E-state index contributed by atoms with van der Waals surface area (Å²) in [5.74, 6) is 1.07. The second-order valence-corrected chi connectivity index (χ2v) is 7.63. The van der Waals surface area contributed by atoms with Gasteiger partial charge in [-0.2, -0.15) is 0 Å². The first-order valence-electron chi connectivity index (χ1n) is 8.20. The Labute approximate surface area is 135 Å². The molecule has 116 valence electrons. The van der Waals surface area contributed by atoms with Crippen molar-refractivity contribution in [1.82, 2.24) is 9.47 Å². The van der Waals surface area contributed by atoms with Crippen LogP contribution in [0.25, 0.3) is 10.9 Å². The van der Waals surface area contributed by atoms with Gasteiger partial charge >= 0.3 is 0 Å². The molecule has 2 aromatic rings. The van der Waals surface area contributed by atoms with Gasteiger partial charge in [0.05, 0.1) is 6.61 Å². The van der Waals surface area contributed by atoms with Gasteiger partial charge in [-0.05, 0) is 59.0 Å². The zero-order valence-corrected chi connectivity index (χ0v) is 14.7. The molecule has 2 heterocycles. The fourth-order valence-corrected chi connectivity index (χ4v) is 3.41. The van der Waals surface area contributed by atoms with E-state index in [9.17, 15) is 0 Å². The number of ether oxygens (including phenoxy) is 1. The number of hydrogen-bond acceptors (Lipinski definition) is 2. The van der Waals surface area contributed by atoms with Gasteiger partial charge in [0.1, 0.15) is 21.4 Å². The van der Waals surface area contributed by atoms with Crippen LogP contribution >= 0.6 is 0 Å². The summed E-state index contributed by atoms with van der Waals surface area (Å²) in [6.07, 6.45) is 4.48. The molecule has 0 amide bonds. The van der Waals surface area contributed by atoms with Crippen molar-refractivity contribution in [2.75, 3.05) is 20.7 Å². The highest BCUT2D eigenvalue weighted by atomic mass is 16.5. The van der Waals surface area contributed by atoms with Crippen LogP contribution < -0.4 is 4.74 Å². The Morgan fingerprint density at radius 2 is 1.91 bits per heavy atom. The molecule has 3 rings (SSSR count). The predicted octanol–water partition coefficient (Wildman–Crippen LogP) is 1.18. The van der Waals surface area contributed by atoms with E-state index in [-0.39, 0.29) is 10.9 Å². The Bertz CT molecular complexity index is 704. The molecule has 1 aliphatic rings. The first-order chi connectivity index (χ1) is 10.3. The average Bonchev–Trinajstić information content (AvgIpc) is 2.91. The lowest BCUT2D eigenvalue weighted by Gasteiger charge is -2.48. The maximum absolute atomic E-state index is 5.81. The lowest BCUT2D eigenvalue weighted by molar-refractivity contribution is 0.141. The second-order valence-electron chi connectivity index (χ2n) is 7.63. The molecule has 0 atom stereocenters. The number of nitrogens with zero attached hydrogens (tertiary/aromatic N) is 2. The first kappa shape index (κ1) is 15.5. The Morgan fingerprint density at radius 1 is 1.18 bits per heavy atom. The van der Waals surface area contributed by atoms with Crippen LogP contribution in [-0.4, -0.2) is 51.4 Å². The number of likely N-dealkylation sites (N-methyl/N-ethyl adjacent to an activating group) is 1. The van der Waals surface area contributed by atoms with Crippen molar-refractivity contribution in [2.24, 2.45) is 0 Å². The number of benzene rings is 1. The zero-order chi connectivity index (χ0) is 16.1. The fraction of sp³-hybridized carbons (Fsp3) is 0.529. The smallest absolute Gasteiger partial charge is 0.126 e. The highest BCUT2D eigenvalue weighted by molar-refractivity contribution is 6.39. The monoisotopic (exact) mass is 296 g/mol. The highest BCUT2D eigenvalue weighted by Crippen LogP contribution is 2.37. The third-order valence-corrected chi connectivity index (χ3v) is 5.99. The number of fused-ring (bicyclic) bond motifs is 3. The third kappa shape index (κ3) is 2.10. The van der Waals surface area contributed by atoms with E-state index in [4.69, 9.17) is 4.74 Å². The molecule has 0 unspecified atom stereocenters. The van der Waals surface area contributed by atoms with E-state index in [1.165, 1.54) is 16.5 Å². The van der Waals surface area contributed by atoms with Crippen LogP contribution in [0, 0.1) is 0 Å². The Hall–Kier alpha value is -1.35. The largest absolute Gasteiger partial charge is 0.493 e. The van der Waals surface area contributed by atoms with Gasteiger partial charge in [-0.1, -0.05) is 0 Å². The second kappa shape index (κ2) is 5.09. The molecule has 1 aromatic heterocycles. The van der Waals surface area contributed by atoms with Crippen LogP contribution in [0.1, 0.15) is 25.8 Å². The molecular formula is C17H26B2N2O. The summed E-state index contributed by atoms with van der Waals surface area (Å²) in [6, 6.07) is 6.62. The minimum Gasteiger partial charge on any atom is -0.493 e. The van der Waals surface area contributed by atoms with Crippen molar-refractivity contribution in [3.05, 3.63) is 30.0 Å². The van der Waals surface area contributed by atoms with Crippen molar-refractivity contribution in [2.45, 2.75) is 37.6 Å². The number of aryl methyl sites for hydroxylation is 1. The summed E-state index contributed by atoms with van der Waals surface area (Å²) < 4.78 is 8.24. The van der Waals surface area contributed by atoms with E-state index in [1.54, 1.807) is 0 Å². The zero-order valence-electron chi connectivity index (χ0n) is 14.7. The molecular weight excluding hydrogens is 270 g/mol. The summed E-state index contributed by atoms with van der Waals surface area (Å²) in [5.41, 5.74) is 2.72. The predicted molar refractivity (Wildman–Crippen MR) is 98.6 cm³/mol. The van der Waals surface area contributed by atoms with Gasteiger partial charge in [0.15, 0.2) is 0 Å². The van der Waals surface area contributed by atoms with Crippen molar-refractivity contribution >= 4 is 26.6 Å². The van der Waals surface area contributed by atoms with Crippen LogP contribution in [-0.2, 0) is 11.8 Å². The Balaban J connectivity index is 2.17. The van der Waals surface area contributed by atoms with E-state index in [0.717, 1.165) is 25.2 Å². The molecule has 0 spiro atoms. The SMILES string of the molecule is BC(B)(n1ccc2c3c(ccc21)OCCC3)C(C)(C)N(C)C. The first-order valence-corrected chi connectivity index (χ1v) is 8.20. The molecule has 0 aliphatic carbocycles. The summed E-state index contributed by atoms with van der Waals surface area (Å²) in [5, 5.41) is 1.32. The van der Waals surface area contributed by atoms with Gasteiger partial charge in [-0.25, -0.2) is 0 Å². The molecule has 0 saturated heterocycles. The lowest BCUT2D eigenvalue weighted by Crippen LogP contribution is -2.60. The lowest BCUT2D eigenvalue weighted by atomic mass is 9.51. The highest BCUT2D eigenvalue weighted by Gasteiger charge is 2.40. The van der Waals surface area contributed by atoms with Crippen LogP contribution in [0.15, 0.2) is 24.4 Å². The molecule has 1 aromatic carbocycles. The van der Waals surface area contributed by atoms with Crippen LogP contribution in [0.2, 0.25) is 0 Å². The Kier molecular flexibility index (Phi) is 3.59. The molecule has 22 heavy (non-hydrogen) atoms. The van der Waals surface area contributed by atoms with E-state index < -0.39 is 0 Å². The molecule has 1 aliphatic heterocycles. The molecule has 3 nitrogen and oxygen atoms in total. The fourth-order valence-electron chi connectivity index (χ4n) is 3.41. The minimum atomic E-state index is -0.0258. The van der Waals surface area contributed by atoms with Crippen LogP contribution in [0.3, 0.4) is 0 Å². The van der Waals surface area contributed by atoms with Gasteiger partial charge in [0, 0.05) is 33.5 Å². The molecule has 0 fully saturated rings. The van der Waals surface area contributed by atoms with Gasteiger partial charge in [-0.15, -0.1) is 0 Å². The van der Waals surface area contributed by atoms with Crippen LogP contribution in [0.4, 0.5) is 0 Å². The van der Waals surface area contributed by atoms with Gasteiger partial charge in [-0.3, -0.25) is 0 Å². The van der Waals surface area contributed by atoms with Gasteiger partial charge in [0.2, 0.25) is 0 Å². The molecule has 0 saturated carbocycles. The Morgan fingerprint density at radius 3 is 2.59 bits per heavy atom. The normalized spacial score (nSPS) is 15.9. The summed E-state index contributed by atoms with van der Waals surface area (Å²) in [7, 11) is 8.96. The molecule has 0 bridgehead atoms. The van der Waals surface area contributed by atoms with E-state index in [2.05, 4.69) is 77.5 Å². The van der Waals surface area contributed by atoms with Crippen molar-refractivity contribution in [1.29, 1.82) is 0 Å². The van der Waals surface area contributed by atoms with Crippen LogP contribution in [0.5, 0.6) is 5.75 Å². The standard InChI is InChI=1S/C17H26B2N2O/c1-16(2,20(3)4)17(18,19)21-10-9-12-13-6-5-11-22-15(13)8-7-14(12)21/h7-10H,5-6,11,18-19H2,1-4H3. The van der Waals surface area contributed by atoms with E-state index in [0.29, 0.717) is 0 Å². The number of rotatable bonds is 3. The van der Waals surface area contributed by atoms with E-state index >= 15 is 0 Å². The average molecular weight is 296 g/mol. The molecule has 0 N–H and O–H groups in total. The van der Waals surface area contributed by atoms with Gasteiger partial charge < -0.3 is 14.2 Å². The third-order valence-electron chi connectivity index (χ3n) is 5.99. The van der Waals surface area contributed by atoms with E-state index in [1.807, 2.05) is 0 Å². The maximum atomic E-state index is 5.81. The quantitative estimate of drug-likeness (QED) is 0.792. The summed E-state index contributed by atoms with van der Waals surface area (Å²) in [6.45, 7) is 5.46.